The van der Waals surface area contributed by atoms with Gasteiger partial charge in [-0.1, -0.05) is 0 Å². The number of aromatic nitrogens is 2. The number of halogens is 1. The minimum absolute atomic E-state index is 0.478. The highest BCUT2D eigenvalue weighted by molar-refractivity contribution is 5.50. The fourth-order valence-electron chi connectivity index (χ4n) is 1.79. The van der Waals surface area contributed by atoms with E-state index in [1.165, 1.54) is 6.07 Å². The summed E-state index contributed by atoms with van der Waals surface area (Å²) in [6.45, 7) is 4.25. The number of anilines is 1. The predicted molar refractivity (Wildman–Crippen MR) is 68.4 cm³/mol. The minimum atomic E-state index is -0.851. The van der Waals surface area contributed by atoms with E-state index in [0.717, 1.165) is 29.1 Å². The summed E-state index contributed by atoms with van der Waals surface area (Å²) in [6, 6.07) is 3.74. The molecule has 0 unspecified atom stereocenters. The Balaban J connectivity index is 2.13. The number of aryl methyl sites for hydroxylation is 2. The molecule has 7 heteroatoms. The minimum Gasteiger partial charge on any atom is -0.381 e. The molecule has 0 saturated heterocycles. The van der Waals surface area contributed by atoms with Gasteiger partial charge in [0.05, 0.1) is 10.6 Å². The quantitative estimate of drug-likeness (QED) is 0.656. The number of hydrogen-bond acceptors (Lipinski definition) is 4. The average molecular weight is 264 g/mol. The number of benzene rings is 1. The third kappa shape index (κ3) is 2.70. The summed E-state index contributed by atoms with van der Waals surface area (Å²) in [6.07, 6.45) is 0. The van der Waals surface area contributed by atoms with Gasteiger partial charge in [0.15, 0.2) is 0 Å². The molecule has 0 bridgehead atoms. The molecule has 1 aromatic carbocycles. The zero-order valence-electron chi connectivity index (χ0n) is 10.5. The van der Waals surface area contributed by atoms with E-state index in [-0.39, 0.29) is 0 Å². The molecule has 0 fully saturated rings. The van der Waals surface area contributed by atoms with Gasteiger partial charge in [0.2, 0.25) is 5.82 Å². The molecule has 2 N–H and O–H groups in total. The number of nitro groups is 1. The summed E-state index contributed by atoms with van der Waals surface area (Å²) in [5, 5.41) is 20.4. The van der Waals surface area contributed by atoms with Crippen LogP contribution in [0, 0.1) is 29.8 Å². The van der Waals surface area contributed by atoms with Gasteiger partial charge in [-0.2, -0.15) is 9.49 Å². The number of nitrogens with one attached hydrogen (secondary N) is 2. The summed E-state index contributed by atoms with van der Waals surface area (Å²) < 4.78 is 13.4. The first-order valence-corrected chi connectivity index (χ1v) is 5.67. The molecular weight excluding hydrogens is 251 g/mol. The van der Waals surface area contributed by atoms with Gasteiger partial charge in [-0.25, -0.2) is 0 Å². The van der Waals surface area contributed by atoms with Crippen LogP contribution in [0.1, 0.15) is 17.0 Å². The van der Waals surface area contributed by atoms with E-state index in [0.29, 0.717) is 12.2 Å². The Morgan fingerprint density at radius 3 is 2.74 bits per heavy atom. The van der Waals surface area contributed by atoms with E-state index in [1.54, 1.807) is 0 Å². The molecule has 2 aromatic rings. The lowest BCUT2D eigenvalue weighted by atomic mass is 10.2. The lowest BCUT2D eigenvalue weighted by Gasteiger charge is -2.06. The number of aromatic amines is 1. The SMILES string of the molecule is Cc1n[nH]c(C)c1CNc1ccc([N+](=O)[O-])c(F)c1. The maximum Gasteiger partial charge on any atom is 0.304 e. The van der Waals surface area contributed by atoms with Crippen molar-refractivity contribution >= 4 is 11.4 Å². The molecule has 0 spiro atoms. The number of hydrogen-bond donors (Lipinski definition) is 2. The van der Waals surface area contributed by atoms with Crippen molar-refractivity contribution < 1.29 is 9.31 Å². The van der Waals surface area contributed by atoms with Crippen LogP contribution < -0.4 is 5.32 Å². The first-order valence-electron chi connectivity index (χ1n) is 5.67. The lowest BCUT2D eigenvalue weighted by Crippen LogP contribution is -2.02. The van der Waals surface area contributed by atoms with Gasteiger partial charge in [-0.15, -0.1) is 0 Å². The topological polar surface area (TPSA) is 83.8 Å². The van der Waals surface area contributed by atoms with Gasteiger partial charge in [-0.3, -0.25) is 15.2 Å². The fourth-order valence-corrected chi connectivity index (χ4v) is 1.79. The summed E-state index contributed by atoms with van der Waals surface area (Å²) in [4.78, 5) is 9.75. The van der Waals surface area contributed by atoms with Crippen LogP contribution in [-0.2, 0) is 6.54 Å². The zero-order chi connectivity index (χ0) is 14.0. The monoisotopic (exact) mass is 264 g/mol. The summed E-state index contributed by atoms with van der Waals surface area (Å²) in [5.41, 5.74) is 2.77. The fraction of sp³-hybridized carbons (Fsp3) is 0.250. The number of rotatable bonds is 4. The maximum atomic E-state index is 13.4. The van der Waals surface area contributed by atoms with Crippen LogP contribution in [0.3, 0.4) is 0 Å². The molecule has 0 aliphatic carbocycles. The van der Waals surface area contributed by atoms with Crippen LogP contribution in [-0.4, -0.2) is 15.1 Å². The molecule has 0 aliphatic heterocycles. The van der Waals surface area contributed by atoms with Crippen LogP contribution in [0.2, 0.25) is 0 Å². The molecule has 0 saturated carbocycles. The molecule has 19 heavy (non-hydrogen) atoms. The predicted octanol–water partition coefficient (Wildman–Crippen LogP) is 2.69. The van der Waals surface area contributed by atoms with Gasteiger partial charge in [-0.05, 0) is 19.9 Å². The Bertz CT molecular complexity index is 605. The van der Waals surface area contributed by atoms with Crippen LogP contribution in [0.25, 0.3) is 0 Å². The van der Waals surface area contributed by atoms with Crippen molar-refractivity contribution in [2.45, 2.75) is 20.4 Å². The summed E-state index contributed by atoms with van der Waals surface area (Å²) in [7, 11) is 0. The number of H-pyrrole nitrogens is 1. The Morgan fingerprint density at radius 1 is 1.47 bits per heavy atom. The van der Waals surface area contributed by atoms with Crippen molar-refractivity contribution in [2.75, 3.05) is 5.32 Å². The first kappa shape index (κ1) is 13.0. The van der Waals surface area contributed by atoms with E-state index >= 15 is 0 Å². The third-order valence-corrected chi connectivity index (χ3v) is 2.89. The van der Waals surface area contributed by atoms with Crippen LogP contribution in [0.15, 0.2) is 18.2 Å². The molecule has 0 atom stereocenters. The van der Waals surface area contributed by atoms with E-state index in [2.05, 4.69) is 15.5 Å². The second-order valence-electron chi connectivity index (χ2n) is 4.19. The smallest absolute Gasteiger partial charge is 0.304 e. The van der Waals surface area contributed by atoms with Crippen LogP contribution >= 0.6 is 0 Å². The standard InChI is InChI=1S/C12H13FN4O2/c1-7-10(8(2)16-15-7)6-14-9-3-4-12(17(18)19)11(13)5-9/h3-5,14H,6H2,1-2H3,(H,15,16). The van der Waals surface area contributed by atoms with Gasteiger partial charge >= 0.3 is 5.69 Å². The zero-order valence-corrected chi connectivity index (χ0v) is 10.5. The van der Waals surface area contributed by atoms with E-state index in [1.807, 2.05) is 13.8 Å². The van der Waals surface area contributed by atoms with Crippen molar-refractivity contribution in [1.29, 1.82) is 0 Å². The number of nitrogens with zero attached hydrogens (tertiary/aromatic N) is 2. The Kier molecular flexibility index (Phi) is 3.46. The molecule has 6 nitrogen and oxygen atoms in total. The Labute approximate surface area is 108 Å². The second-order valence-corrected chi connectivity index (χ2v) is 4.19. The van der Waals surface area contributed by atoms with E-state index in [4.69, 9.17) is 0 Å². The van der Waals surface area contributed by atoms with Crippen molar-refractivity contribution in [3.63, 3.8) is 0 Å². The lowest BCUT2D eigenvalue weighted by molar-refractivity contribution is -0.387. The highest BCUT2D eigenvalue weighted by atomic mass is 19.1. The number of nitro benzene ring substituents is 1. The van der Waals surface area contributed by atoms with E-state index in [9.17, 15) is 14.5 Å². The van der Waals surface area contributed by atoms with Crippen molar-refractivity contribution in [2.24, 2.45) is 0 Å². The molecule has 2 rings (SSSR count). The summed E-state index contributed by atoms with van der Waals surface area (Å²) >= 11 is 0. The second kappa shape index (κ2) is 5.05. The van der Waals surface area contributed by atoms with Crippen molar-refractivity contribution in [3.05, 3.63) is 51.1 Å². The van der Waals surface area contributed by atoms with Gasteiger partial charge in [0.1, 0.15) is 0 Å². The van der Waals surface area contributed by atoms with Crippen LogP contribution in [0.4, 0.5) is 15.8 Å². The summed E-state index contributed by atoms with van der Waals surface area (Å²) in [5.74, 6) is -0.851. The van der Waals surface area contributed by atoms with Gasteiger partial charge in [0, 0.05) is 35.6 Å². The normalized spacial score (nSPS) is 10.5. The molecule has 0 aliphatic rings. The third-order valence-electron chi connectivity index (χ3n) is 2.89. The van der Waals surface area contributed by atoms with E-state index < -0.39 is 16.4 Å². The molecule has 1 heterocycles. The largest absolute Gasteiger partial charge is 0.381 e. The Morgan fingerprint density at radius 2 is 2.21 bits per heavy atom. The molecule has 100 valence electrons. The Hall–Kier alpha value is -2.44. The molecular formula is C12H13FN4O2. The van der Waals surface area contributed by atoms with Crippen molar-refractivity contribution in [1.82, 2.24) is 10.2 Å². The first-order chi connectivity index (χ1) is 8.99. The van der Waals surface area contributed by atoms with Gasteiger partial charge in [0.25, 0.3) is 0 Å². The molecule has 0 radical (unpaired) electrons. The maximum absolute atomic E-state index is 13.4. The molecule has 0 amide bonds. The van der Waals surface area contributed by atoms with Crippen LogP contribution in [0.5, 0.6) is 0 Å². The highest BCUT2D eigenvalue weighted by Gasteiger charge is 2.14. The average Bonchev–Trinajstić information content (AvgIpc) is 2.66. The molecule has 1 aromatic heterocycles. The highest BCUT2D eigenvalue weighted by Crippen LogP contribution is 2.21. The van der Waals surface area contributed by atoms with Crippen molar-refractivity contribution in [3.8, 4) is 0 Å². The van der Waals surface area contributed by atoms with Gasteiger partial charge < -0.3 is 5.32 Å².